The Kier molecular flexibility index (Phi) is 4.33. The molecule has 22 heavy (non-hydrogen) atoms. The summed E-state index contributed by atoms with van der Waals surface area (Å²) in [6.45, 7) is 1.49. The fraction of sp³-hybridized carbons (Fsp3) is 0.556. The molecular weight excluding hydrogens is 274 g/mol. The standard InChI is InChI=1S/C18H23N3O/c19-14-18(10-4-5-11-18)17(22)21-12-6-9-16(13-21)20-15-7-2-1-3-8-15/h1-3,7-8,16,20H,4-6,9-13H2. The average molecular weight is 297 g/mol. The van der Waals surface area contributed by atoms with Crippen LogP contribution < -0.4 is 5.32 Å². The second kappa shape index (κ2) is 6.39. The van der Waals surface area contributed by atoms with Crippen LogP contribution in [0.4, 0.5) is 5.69 Å². The molecule has 0 bridgehead atoms. The van der Waals surface area contributed by atoms with Crippen molar-refractivity contribution in [1.82, 2.24) is 4.90 Å². The number of nitrogens with zero attached hydrogens (tertiary/aromatic N) is 2. The predicted molar refractivity (Wildman–Crippen MR) is 86.2 cm³/mol. The van der Waals surface area contributed by atoms with Crippen molar-refractivity contribution >= 4 is 11.6 Å². The maximum Gasteiger partial charge on any atom is 0.243 e. The van der Waals surface area contributed by atoms with Gasteiger partial charge in [-0.2, -0.15) is 5.26 Å². The maximum atomic E-state index is 12.8. The number of carbonyl (C=O) groups excluding carboxylic acids is 1. The molecule has 1 aliphatic heterocycles. The molecule has 2 aliphatic rings. The highest BCUT2D eigenvalue weighted by atomic mass is 16.2. The van der Waals surface area contributed by atoms with Gasteiger partial charge in [-0.05, 0) is 37.8 Å². The zero-order valence-electron chi connectivity index (χ0n) is 12.9. The molecule has 4 nitrogen and oxygen atoms in total. The number of anilines is 1. The number of benzene rings is 1. The summed E-state index contributed by atoms with van der Waals surface area (Å²) in [7, 11) is 0. The number of likely N-dealkylation sites (tertiary alicyclic amines) is 1. The molecule has 1 atom stereocenters. The Morgan fingerprint density at radius 2 is 1.95 bits per heavy atom. The molecular formula is C18H23N3O. The molecule has 1 saturated heterocycles. The Morgan fingerprint density at radius 1 is 1.23 bits per heavy atom. The van der Waals surface area contributed by atoms with Gasteiger partial charge in [0.2, 0.25) is 5.91 Å². The Morgan fingerprint density at radius 3 is 2.64 bits per heavy atom. The molecule has 3 rings (SSSR count). The van der Waals surface area contributed by atoms with Crippen LogP contribution in [0.5, 0.6) is 0 Å². The van der Waals surface area contributed by atoms with Gasteiger partial charge in [-0.15, -0.1) is 0 Å². The van der Waals surface area contributed by atoms with Crippen molar-refractivity contribution < 1.29 is 4.79 Å². The molecule has 1 aliphatic carbocycles. The molecule has 0 radical (unpaired) electrons. The van der Waals surface area contributed by atoms with Crippen LogP contribution in [0.3, 0.4) is 0 Å². The summed E-state index contributed by atoms with van der Waals surface area (Å²) in [6.07, 6.45) is 5.53. The van der Waals surface area contributed by atoms with E-state index in [0.29, 0.717) is 6.54 Å². The van der Waals surface area contributed by atoms with Gasteiger partial charge in [0.05, 0.1) is 6.07 Å². The van der Waals surface area contributed by atoms with Gasteiger partial charge in [0.25, 0.3) is 0 Å². The number of nitrogens with one attached hydrogen (secondary N) is 1. The van der Waals surface area contributed by atoms with Crippen LogP contribution in [0.15, 0.2) is 30.3 Å². The van der Waals surface area contributed by atoms with Crippen molar-refractivity contribution in [2.24, 2.45) is 5.41 Å². The first-order chi connectivity index (χ1) is 10.7. The zero-order chi connectivity index (χ0) is 15.4. The van der Waals surface area contributed by atoms with Crippen LogP contribution in [-0.4, -0.2) is 29.9 Å². The summed E-state index contributed by atoms with van der Waals surface area (Å²) in [6, 6.07) is 12.7. The van der Waals surface area contributed by atoms with Crippen molar-refractivity contribution in [1.29, 1.82) is 5.26 Å². The number of piperidine rings is 1. The van der Waals surface area contributed by atoms with Crippen molar-refractivity contribution in [3.05, 3.63) is 30.3 Å². The Balaban J connectivity index is 1.65. The van der Waals surface area contributed by atoms with Crippen molar-refractivity contribution in [2.75, 3.05) is 18.4 Å². The van der Waals surface area contributed by atoms with Crippen molar-refractivity contribution in [3.8, 4) is 6.07 Å². The summed E-state index contributed by atoms with van der Waals surface area (Å²) >= 11 is 0. The highest BCUT2D eigenvalue weighted by Crippen LogP contribution is 2.39. The van der Waals surface area contributed by atoms with E-state index >= 15 is 0 Å². The van der Waals surface area contributed by atoms with Crippen LogP contribution in [0.2, 0.25) is 0 Å². The second-order valence-electron chi connectivity index (χ2n) is 6.50. The molecule has 0 aromatic heterocycles. The smallest absolute Gasteiger partial charge is 0.243 e. The summed E-state index contributed by atoms with van der Waals surface area (Å²) in [5, 5.41) is 13.0. The molecule has 1 saturated carbocycles. The van der Waals surface area contributed by atoms with Crippen molar-refractivity contribution in [3.63, 3.8) is 0 Å². The molecule has 4 heteroatoms. The fourth-order valence-corrected chi connectivity index (χ4v) is 3.70. The van der Waals surface area contributed by atoms with E-state index in [9.17, 15) is 10.1 Å². The number of carbonyl (C=O) groups is 1. The van der Waals surface area contributed by atoms with Gasteiger partial charge < -0.3 is 10.2 Å². The highest BCUT2D eigenvalue weighted by molar-refractivity contribution is 5.86. The highest BCUT2D eigenvalue weighted by Gasteiger charge is 2.44. The van der Waals surface area contributed by atoms with E-state index in [0.717, 1.165) is 50.8 Å². The SMILES string of the molecule is N#CC1(C(=O)N2CCCC(Nc3ccccc3)C2)CCCC1. The van der Waals surface area contributed by atoms with E-state index < -0.39 is 5.41 Å². The minimum absolute atomic E-state index is 0.0621. The van der Waals surface area contributed by atoms with Crippen molar-refractivity contribution in [2.45, 2.75) is 44.6 Å². The first-order valence-electron chi connectivity index (χ1n) is 8.26. The number of hydrogen-bond acceptors (Lipinski definition) is 3. The van der Waals surface area contributed by atoms with Crippen LogP contribution in [0.1, 0.15) is 38.5 Å². The van der Waals surface area contributed by atoms with E-state index in [1.165, 1.54) is 0 Å². The van der Waals surface area contributed by atoms with Gasteiger partial charge >= 0.3 is 0 Å². The Hall–Kier alpha value is -2.02. The van der Waals surface area contributed by atoms with Crippen LogP contribution in [0, 0.1) is 16.7 Å². The molecule has 1 aromatic rings. The van der Waals surface area contributed by atoms with Crippen LogP contribution in [-0.2, 0) is 4.79 Å². The summed E-state index contributed by atoms with van der Waals surface area (Å²) in [5.41, 5.74) is 0.354. The molecule has 1 unspecified atom stereocenters. The zero-order valence-corrected chi connectivity index (χ0v) is 12.9. The lowest BCUT2D eigenvalue weighted by atomic mass is 9.85. The topological polar surface area (TPSA) is 56.1 Å². The fourth-order valence-electron chi connectivity index (χ4n) is 3.70. The largest absolute Gasteiger partial charge is 0.381 e. The number of amides is 1. The van der Waals surface area contributed by atoms with E-state index in [-0.39, 0.29) is 11.9 Å². The monoisotopic (exact) mass is 297 g/mol. The van der Waals surface area contributed by atoms with E-state index in [4.69, 9.17) is 0 Å². The number of hydrogen-bond donors (Lipinski definition) is 1. The Bertz CT molecular complexity index is 557. The molecule has 1 amide bonds. The average Bonchev–Trinajstić information content (AvgIpc) is 3.05. The molecule has 0 spiro atoms. The van der Waals surface area contributed by atoms with Crippen LogP contribution >= 0.6 is 0 Å². The molecule has 2 fully saturated rings. The van der Waals surface area contributed by atoms with E-state index in [1.54, 1.807) is 0 Å². The van der Waals surface area contributed by atoms with Gasteiger partial charge in [-0.1, -0.05) is 31.0 Å². The molecule has 1 N–H and O–H groups in total. The first kappa shape index (κ1) is 14.9. The van der Waals surface area contributed by atoms with Crippen LogP contribution in [0.25, 0.3) is 0 Å². The van der Waals surface area contributed by atoms with E-state index in [1.807, 2.05) is 23.1 Å². The molecule has 1 heterocycles. The lowest BCUT2D eigenvalue weighted by molar-refractivity contribution is -0.139. The third-order valence-electron chi connectivity index (χ3n) is 4.93. The van der Waals surface area contributed by atoms with Gasteiger partial charge in [0, 0.05) is 24.8 Å². The minimum Gasteiger partial charge on any atom is -0.381 e. The first-order valence-corrected chi connectivity index (χ1v) is 8.26. The predicted octanol–water partition coefficient (Wildman–Crippen LogP) is 3.17. The quantitative estimate of drug-likeness (QED) is 0.932. The molecule has 1 aromatic carbocycles. The number of nitriles is 1. The van der Waals surface area contributed by atoms with Gasteiger partial charge in [0.1, 0.15) is 5.41 Å². The maximum absolute atomic E-state index is 12.8. The third kappa shape index (κ3) is 2.94. The number of rotatable bonds is 3. The minimum atomic E-state index is -0.741. The Labute approximate surface area is 132 Å². The summed E-state index contributed by atoms with van der Waals surface area (Å²) in [4.78, 5) is 14.7. The van der Waals surface area contributed by atoms with Gasteiger partial charge in [-0.25, -0.2) is 0 Å². The number of para-hydroxylation sites is 1. The lowest BCUT2D eigenvalue weighted by Crippen LogP contribution is -2.50. The normalized spacial score (nSPS) is 23.8. The van der Waals surface area contributed by atoms with E-state index in [2.05, 4.69) is 23.5 Å². The summed E-state index contributed by atoms with van der Waals surface area (Å²) in [5.74, 6) is 0.0621. The summed E-state index contributed by atoms with van der Waals surface area (Å²) < 4.78 is 0. The van der Waals surface area contributed by atoms with Gasteiger partial charge in [-0.3, -0.25) is 4.79 Å². The van der Waals surface area contributed by atoms with Gasteiger partial charge in [0.15, 0.2) is 0 Å². The second-order valence-corrected chi connectivity index (χ2v) is 6.50. The molecule has 116 valence electrons. The third-order valence-corrected chi connectivity index (χ3v) is 4.93. The lowest BCUT2D eigenvalue weighted by Gasteiger charge is -2.37.